The molecule has 1 heterocycles. The van der Waals surface area contributed by atoms with Gasteiger partial charge in [-0.05, 0) is 29.8 Å². The first-order chi connectivity index (χ1) is 12.1. The lowest BCUT2D eigenvalue weighted by Gasteiger charge is -2.19. The van der Waals surface area contributed by atoms with Crippen molar-refractivity contribution in [3.63, 3.8) is 0 Å². The number of amides is 2. The predicted molar refractivity (Wildman–Crippen MR) is 91.5 cm³/mol. The highest BCUT2D eigenvalue weighted by Crippen LogP contribution is 2.41. The molecule has 26 heavy (non-hydrogen) atoms. The SMILES string of the molecule is CCC(CC)CN1C(=O)S/C(=C\c2cc(C(F)(F)F)c(O)cc2O)C1=O. The number of hydrogen-bond donors (Lipinski definition) is 2. The number of alkyl halides is 3. The zero-order chi connectivity index (χ0) is 19.6. The molecule has 2 rings (SSSR count). The zero-order valence-corrected chi connectivity index (χ0v) is 14.9. The van der Waals surface area contributed by atoms with E-state index in [4.69, 9.17) is 0 Å². The Labute approximate surface area is 152 Å². The van der Waals surface area contributed by atoms with E-state index in [1.54, 1.807) is 0 Å². The molecule has 0 radical (unpaired) electrons. The first kappa shape index (κ1) is 20.2. The number of thioether (sulfide) groups is 1. The number of benzene rings is 1. The Kier molecular flexibility index (Phi) is 5.90. The van der Waals surface area contributed by atoms with E-state index in [9.17, 15) is 33.0 Å². The molecule has 5 nitrogen and oxygen atoms in total. The Morgan fingerprint density at radius 1 is 1.15 bits per heavy atom. The van der Waals surface area contributed by atoms with Crippen LogP contribution in [0.1, 0.15) is 37.8 Å². The maximum atomic E-state index is 12.9. The minimum absolute atomic E-state index is 0.0740. The Hall–Kier alpha value is -2.16. The van der Waals surface area contributed by atoms with Crippen molar-refractivity contribution in [3.8, 4) is 11.5 Å². The fourth-order valence-corrected chi connectivity index (χ4v) is 3.38. The molecule has 142 valence electrons. The van der Waals surface area contributed by atoms with E-state index in [1.165, 1.54) is 0 Å². The minimum atomic E-state index is -4.82. The number of hydrogen-bond acceptors (Lipinski definition) is 5. The zero-order valence-electron chi connectivity index (χ0n) is 14.1. The summed E-state index contributed by atoms with van der Waals surface area (Å²) in [6.45, 7) is 4.12. The second kappa shape index (κ2) is 7.61. The number of rotatable bonds is 5. The third kappa shape index (κ3) is 4.14. The summed E-state index contributed by atoms with van der Waals surface area (Å²) in [7, 11) is 0. The Bertz CT molecular complexity index is 757. The van der Waals surface area contributed by atoms with Crippen molar-refractivity contribution in [1.29, 1.82) is 0 Å². The molecule has 0 unspecified atom stereocenters. The van der Waals surface area contributed by atoms with E-state index in [2.05, 4.69) is 0 Å². The molecular weight excluding hydrogens is 371 g/mol. The average Bonchev–Trinajstić information content (AvgIpc) is 2.80. The summed E-state index contributed by atoms with van der Waals surface area (Å²) in [5.41, 5.74) is -1.64. The lowest BCUT2D eigenvalue weighted by Crippen LogP contribution is -2.33. The normalized spacial score (nSPS) is 17.0. The summed E-state index contributed by atoms with van der Waals surface area (Å²) < 4.78 is 38.7. The predicted octanol–water partition coefficient (Wildman–Crippen LogP) is 4.59. The summed E-state index contributed by atoms with van der Waals surface area (Å²) in [5.74, 6) is -2.20. The Morgan fingerprint density at radius 2 is 1.77 bits per heavy atom. The maximum absolute atomic E-state index is 12.9. The van der Waals surface area contributed by atoms with E-state index in [-0.39, 0.29) is 22.9 Å². The molecule has 1 aliphatic rings. The van der Waals surface area contributed by atoms with Crippen LogP contribution in [0.3, 0.4) is 0 Å². The fraction of sp³-hybridized carbons (Fsp3) is 0.412. The van der Waals surface area contributed by atoms with Crippen LogP contribution in [-0.4, -0.2) is 32.8 Å². The second-order valence-corrected chi connectivity index (χ2v) is 6.89. The summed E-state index contributed by atoms with van der Waals surface area (Å²) in [6.07, 6.45) is -2.23. The summed E-state index contributed by atoms with van der Waals surface area (Å²) in [4.78, 5) is 25.5. The van der Waals surface area contributed by atoms with E-state index < -0.39 is 34.4 Å². The molecule has 1 saturated heterocycles. The summed E-state index contributed by atoms with van der Waals surface area (Å²) in [5, 5.41) is 18.7. The highest BCUT2D eigenvalue weighted by molar-refractivity contribution is 8.18. The topological polar surface area (TPSA) is 77.8 Å². The van der Waals surface area contributed by atoms with Gasteiger partial charge in [-0.1, -0.05) is 26.7 Å². The number of carbonyl (C=O) groups excluding carboxylic acids is 2. The van der Waals surface area contributed by atoms with Gasteiger partial charge in [-0.15, -0.1) is 0 Å². The van der Waals surface area contributed by atoms with Gasteiger partial charge >= 0.3 is 6.18 Å². The van der Waals surface area contributed by atoms with Gasteiger partial charge in [-0.25, -0.2) is 0 Å². The standard InChI is InChI=1S/C17H18F3NO4S/c1-3-9(4-2)8-21-15(24)14(26-16(21)25)6-10-5-11(17(18,19)20)13(23)7-12(10)22/h5-7,9,22-23H,3-4,8H2,1-2H3/b14-6-. The molecule has 1 aromatic carbocycles. The molecule has 0 aliphatic carbocycles. The van der Waals surface area contributed by atoms with Gasteiger partial charge in [0.1, 0.15) is 11.5 Å². The molecule has 2 N–H and O–H groups in total. The molecule has 1 aliphatic heterocycles. The Morgan fingerprint density at radius 3 is 2.31 bits per heavy atom. The van der Waals surface area contributed by atoms with E-state index >= 15 is 0 Å². The first-order valence-electron chi connectivity index (χ1n) is 7.97. The van der Waals surface area contributed by atoms with Crippen molar-refractivity contribution in [1.82, 2.24) is 4.90 Å². The highest BCUT2D eigenvalue weighted by atomic mass is 32.2. The van der Waals surface area contributed by atoms with Crippen molar-refractivity contribution in [2.75, 3.05) is 6.54 Å². The van der Waals surface area contributed by atoms with Crippen LogP contribution in [0.2, 0.25) is 0 Å². The van der Waals surface area contributed by atoms with Crippen LogP contribution in [0.4, 0.5) is 18.0 Å². The number of phenolic OH excluding ortho intramolecular Hbond substituents is 2. The van der Waals surface area contributed by atoms with Crippen molar-refractivity contribution in [2.45, 2.75) is 32.9 Å². The molecular formula is C17H18F3NO4S. The number of phenols is 2. The molecule has 2 amide bonds. The van der Waals surface area contributed by atoms with Crippen LogP contribution in [0.5, 0.6) is 11.5 Å². The molecule has 0 saturated carbocycles. The van der Waals surface area contributed by atoms with Gasteiger partial charge in [0.25, 0.3) is 11.1 Å². The van der Waals surface area contributed by atoms with Gasteiger partial charge in [-0.3, -0.25) is 14.5 Å². The number of halogens is 3. The fourth-order valence-electron chi connectivity index (χ4n) is 2.54. The smallest absolute Gasteiger partial charge is 0.419 e. The van der Waals surface area contributed by atoms with Gasteiger partial charge in [0.05, 0.1) is 10.5 Å². The van der Waals surface area contributed by atoms with Gasteiger partial charge < -0.3 is 10.2 Å². The molecule has 9 heteroatoms. The molecule has 0 aromatic heterocycles. The summed E-state index contributed by atoms with van der Waals surface area (Å²) >= 11 is 0.610. The minimum Gasteiger partial charge on any atom is -0.507 e. The van der Waals surface area contributed by atoms with E-state index in [0.29, 0.717) is 23.9 Å². The first-order valence-corrected chi connectivity index (χ1v) is 8.78. The number of nitrogens with zero attached hydrogens (tertiary/aromatic N) is 1. The average molecular weight is 389 g/mol. The van der Waals surface area contributed by atoms with Crippen LogP contribution >= 0.6 is 11.8 Å². The highest BCUT2D eigenvalue weighted by Gasteiger charge is 2.37. The number of imide groups is 1. The summed E-state index contributed by atoms with van der Waals surface area (Å²) in [6, 6.07) is 1.10. The number of carbonyl (C=O) groups is 2. The van der Waals surface area contributed by atoms with Crippen molar-refractivity contribution in [3.05, 3.63) is 28.2 Å². The second-order valence-electron chi connectivity index (χ2n) is 5.90. The third-order valence-electron chi connectivity index (χ3n) is 4.21. The van der Waals surface area contributed by atoms with Crippen LogP contribution in [0.25, 0.3) is 6.08 Å². The molecule has 0 bridgehead atoms. The third-order valence-corrected chi connectivity index (χ3v) is 5.11. The van der Waals surface area contributed by atoms with Gasteiger partial charge in [0, 0.05) is 18.2 Å². The monoisotopic (exact) mass is 389 g/mol. The van der Waals surface area contributed by atoms with Crippen molar-refractivity contribution >= 4 is 29.0 Å². The van der Waals surface area contributed by atoms with Crippen LogP contribution in [0.15, 0.2) is 17.0 Å². The van der Waals surface area contributed by atoms with Gasteiger partial charge in [0.2, 0.25) is 0 Å². The number of aromatic hydroxyl groups is 2. The van der Waals surface area contributed by atoms with E-state index in [0.717, 1.165) is 23.8 Å². The quantitative estimate of drug-likeness (QED) is 0.721. The molecule has 0 atom stereocenters. The van der Waals surface area contributed by atoms with Crippen molar-refractivity contribution in [2.24, 2.45) is 5.92 Å². The molecule has 1 fully saturated rings. The Balaban J connectivity index is 2.36. The van der Waals surface area contributed by atoms with Crippen molar-refractivity contribution < 1.29 is 33.0 Å². The van der Waals surface area contributed by atoms with Gasteiger partial charge in [-0.2, -0.15) is 13.2 Å². The van der Waals surface area contributed by atoms with Gasteiger partial charge in [0.15, 0.2) is 0 Å². The molecule has 0 spiro atoms. The van der Waals surface area contributed by atoms with E-state index in [1.807, 2.05) is 13.8 Å². The molecule has 1 aromatic rings. The van der Waals surface area contributed by atoms with Crippen LogP contribution in [-0.2, 0) is 11.0 Å². The largest absolute Gasteiger partial charge is 0.507 e. The maximum Gasteiger partial charge on any atom is 0.419 e. The lowest BCUT2D eigenvalue weighted by atomic mass is 10.0. The van der Waals surface area contributed by atoms with Crippen LogP contribution in [0, 0.1) is 5.92 Å². The lowest BCUT2D eigenvalue weighted by molar-refractivity contribution is -0.138. The van der Waals surface area contributed by atoms with Crippen LogP contribution < -0.4 is 0 Å².